The molecule has 2 amide bonds. The number of morpholine rings is 1. The van der Waals surface area contributed by atoms with Crippen molar-refractivity contribution in [2.75, 3.05) is 45.9 Å². The van der Waals surface area contributed by atoms with Gasteiger partial charge < -0.3 is 19.5 Å². The molecule has 2 heterocycles. The van der Waals surface area contributed by atoms with Crippen molar-refractivity contribution < 1.29 is 17.9 Å². The molecule has 180 valence electrons. The molecule has 0 aliphatic carbocycles. The molecule has 1 aromatic heterocycles. The van der Waals surface area contributed by atoms with Gasteiger partial charge in [0.15, 0.2) is 0 Å². The average Bonchev–Trinajstić information content (AvgIpc) is 3.21. The molecule has 0 unspecified atom stereocenters. The van der Waals surface area contributed by atoms with Crippen molar-refractivity contribution in [2.24, 2.45) is 0 Å². The number of aromatic nitrogens is 2. The van der Waals surface area contributed by atoms with E-state index < -0.39 is 9.84 Å². The Bertz CT molecular complexity index is 1020. The van der Waals surface area contributed by atoms with Crippen LogP contribution in [-0.4, -0.2) is 79.7 Å². The Labute approximate surface area is 196 Å². The summed E-state index contributed by atoms with van der Waals surface area (Å²) in [6.45, 7) is 11.0. The highest BCUT2D eigenvalue weighted by atomic mass is 32.2. The van der Waals surface area contributed by atoms with E-state index in [1.54, 1.807) is 33.9 Å². The number of sulfone groups is 1. The van der Waals surface area contributed by atoms with E-state index in [0.29, 0.717) is 37.6 Å². The zero-order valence-corrected chi connectivity index (χ0v) is 20.0. The number of allylic oxidation sites excluding steroid dienone is 1. The Morgan fingerprint density at radius 3 is 2.67 bits per heavy atom. The van der Waals surface area contributed by atoms with Gasteiger partial charge in [0.05, 0.1) is 37.4 Å². The molecule has 1 N–H and O–H groups in total. The molecule has 2 aromatic rings. The molecule has 0 radical (unpaired) electrons. The van der Waals surface area contributed by atoms with Gasteiger partial charge in [-0.25, -0.2) is 18.2 Å². The van der Waals surface area contributed by atoms with Crippen LogP contribution in [0.15, 0.2) is 54.3 Å². The van der Waals surface area contributed by atoms with Gasteiger partial charge in [-0.2, -0.15) is 0 Å². The van der Waals surface area contributed by atoms with Crippen LogP contribution in [0.25, 0.3) is 0 Å². The smallest absolute Gasteiger partial charge is 0.317 e. The Kier molecular flexibility index (Phi) is 9.04. The maximum Gasteiger partial charge on any atom is 0.317 e. The second-order valence-corrected chi connectivity index (χ2v) is 9.77. The van der Waals surface area contributed by atoms with Gasteiger partial charge in [0.25, 0.3) is 0 Å². The van der Waals surface area contributed by atoms with E-state index in [2.05, 4.69) is 21.8 Å². The lowest BCUT2D eigenvalue weighted by Gasteiger charge is -2.30. The van der Waals surface area contributed by atoms with Gasteiger partial charge in [-0.05, 0) is 12.5 Å². The molecule has 3 rings (SSSR count). The zero-order valence-electron chi connectivity index (χ0n) is 19.1. The highest BCUT2D eigenvalue weighted by molar-refractivity contribution is 7.90. The number of nitrogens with one attached hydrogen (secondary N) is 1. The first-order valence-electron chi connectivity index (χ1n) is 11.2. The van der Waals surface area contributed by atoms with Gasteiger partial charge in [-0.1, -0.05) is 36.4 Å². The largest absolute Gasteiger partial charge is 0.379 e. The molecule has 1 aliphatic rings. The van der Waals surface area contributed by atoms with Crippen LogP contribution in [-0.2, 0) is 33.4 Å². The molecule has 1 fully saturated rings. The molecule has 0 spiro atoms. The average molecular weight is 476 g/mol. The first kappa shape index (κ1) is 24.9. The summed E-state index contributed by atoms with van der Waals surface area (Å²) in [5.74, 6) is -0.140. The van der Waals surface area contributed by atoms with Crippen LogP contribution >= 0.6 is 0 Å². The quantitative estimate of drug-likeness (QED) is 0.499. The molecule has 1 aromatic carbocycles. The van der Waals surface area contributed by atoms with Gasteiger partial charge >= 0.3 is 6.03 Å². The van der Waals surface area contributed by atoms with Crippen LogP contribution < -0.4 is 5.32 Å². The van der Waals surface area contributed by atoms with Gasteiger partial charge in [-0.3, -0.25) is 4.90 Å². The SMILES string of the molecule is C=CCn1c(CN(CCN2CCOCC2)C(=O)NCC)cnc1S(=O)(=O)Cc1ccccc1. The molecule has 0 bridgehead atoms. The van der Waals surface area contributed by atoms with Crippen LogP contribution in [0.2, 0.25) is 0 Å². The number of imidazole rings is 1. The second-order valence-electron chi connectivity index (χ2n) is 7.89. The number of carbonyl (C=O) groups is 1. The van der Waals surface area contributed by atoms with Crippen molar-refractivity contribution >= 4 is 15.9 Å². The molecule has 1 saturated heterocycles. The van der Waals surface area contributed by atoms with E-state index in [1.807, 2.05) is 25.1 Å². The van der Waals surface area contributed by atoms with Crippen molar-refractivity contribution in [1.82, 2.24) is 24.7 Å². The summed E-state index contributed by atoms with van der Waals surface area (Å²) >= 11 is 0. The third-order valence-electron chi connectivity index (χ3n) is 5.45. The molecule has 0 atom stereocenters. The number of hydrogen-bond acceptors (Lipinski definition) is 6. The summed E-state index contributed by atoms with van der Waals surface area (Å²) in [5, 5.41) is 2.84. The zero-order chi connectivity index (χ0) is 23.7. The molecular formula is C23H33N5O4S. The highest BCUT2D eigenvalue weighted by Crippen LogP contribution is 2.19. The van der Waals surface area contributed by atoms with Crippen LogP contribution in [0.3, 0.4) is 0 Å². The molecule has 0 saturated carbocycles. The van der Waals surface area contributed by atoms with E-state index >= 15 is 0 Å². The number of amides is 2. The number of ether oxygens (including phenoxy) is 1. The second kappa shape index (κ2) is 12.0. The van der Waals surface area contributed by atoms with E-state index in [1.165, 1.54) is 0 Å². The first-order valence-corrected chi connectivity index (χ1v) is 12.8. The topological polar surface area (TPSA) is 96.8 Å². The summed E-state index contributed by atoms with van der Waals surface area (Å²) in [6.07, 6.45) is 3.18. The summed E-state index contributed by atoms with van der Waals surface area (Å²) in [7, 11) is -3.68. The maximum atomic E-state index is 13.1. The first-order chi connectivity index (χ1) is 15.9. The summed E-state index contributed by atoms with van der Waals surface area (Å²) < 4.78 is 33.3. The van der Waals surface area contributed by atoms with Gasteiger partial charge in [0.2, 0.25) is 15.0 Å². The maximum absolute atomic E-state index is 13.1. The number of carbonyl (C=O) groups excluding carboxylic acids is 1. The summed E-state index contributed by atoms with van der Waals surface area (Å²) in [4.78, 5) is 20.9. The van der Waals surface area contributed by atoms with E-state index in [-0.39, 0.29) is 30.0 Å². The lowest BCUT2D eigenvalue weighted by molar-refractivity contribution is 0.0346. The van der Waals surface area contributed by atoms with Crippen molar-refractivity contribution in [3.05, 3.63) is 60.4 Å². The van der Waals surface area contributed by atoms with Crippen molar-refractivity contribution in [2.45, 2.75) is 30.9 Å². The highest BCUT2D eigenvalue weighted by Gasteiger charge is 2.25. The lowest BCUT2D eigenvalue weighted by Crippen LogP contribution is -2.46. The fourth-order valence-corrected chi connectivity index (χ4v) is 5.25. The van der Waals surface area contributed by atoms with Crippen molar-refractivity contribution in [3.8, 4) is 0 Å². The minimum absolute atomic E-state index is 0.00900. The monoisotopic (exact) mass is 475 g/mol. The van der Waals surface area contributed by atoms with Gasteiger partial charge in [0, 0.05) is 39.3 Å². The Hall–Kier alpha value is -2.69. The molecular weight excluding hydrogens is 442 g/mol. The molecule has 33 heavy (non-hydrogen) atoms. The fourth-order valence-electron chi connectivity index (χ4n) is 3.75. The normalized spacial score (nSPS) is 14.7. The minimum Gasteiger partial charge on any atom is -0.379 e. The van der Waals surface area contributed by atoms with E-state index in [4.69, 9.17) is 4.74 Å². The minimum atomic E-state index is -3.68. The fraction of sp³-hybridized carbons (Fsp3) is 0.478. The standard InChI is InChI=1S/C23H33N5O4S/c1-3-10-28-21(17-25-23(28)33(30,31)19-20-8-6-5-7-9-20)18-27(22(29)24-4-2)12-11-26-13-15-32-16-14-26/h3,5-9,17H,1,4,10-16,18-19H2,2H3,(H,24,29). The molecule has 1 aliphatic heterocycles. The van der Waals surface area contributed by atoms with Crippen LogP contribution in [0.4, 0.5) is 4.79 Å². The number of benzene rings is 1. The number of hydrogen-bond donors (Lipinski definition) is 1. The van der Waals surface area contributed by atoms with E-state index in [9.17, 15) is 13.2 Å². The summed E-state index contributed by atoms with van der Waals surface area (Å²) in [5.41, 5.74) is 1.34. The third-order valence-corrected chi connectivity index (χ3v) is 7.04. The number of urea groups is 1. The third kappa shape index (κ3) is 6.89. The van der Waals surface area contributed by atoms with Gasteiger partial charge in [0.1, 0.15) is 0 Å². The summed E-state index contributed by atoms with van der Waals surface area (Å²) in [6, 6.07) is 8.84. The predicted octanol–water partition coefficient (Wildman–Crippen LogP) is 1.91. The Morgan fingerprint density at radius 2 is 2.00 bits per heavy atom. The Balaban J connectivity index is 1.81. The van der Waals surface area contributed by atoms with E-state index in [0.717, 1.165) is 19.6 Å². The van der Waals surface area contributed by atoms with Crippen molar-refractivity contribution in [1.29, 1.82) is 0 Å². The number of nitrogens with zero attached hydrogens (tertiary/aromatic N) is 4. The van der Waals surface area contributed by atoms with Crippen LogP contribution in [0, 0.1) is 0 Å². The van der Waals surface area contributed by atoms with Crippen molar-refractivity contribution in [3.63, 3.8) is 0 Å². The van der Waals surface area contributed by atoms with Crippen LogP contribution in [0.1, 0.15) is 18.2 Å². The van der Waals surface area contributed by atoms with Crippen LogP contribution in [0.5, 0.6) is 0 Å². The number of rotatable bonds is 11. The predicted molar refractivity (Wildman–Crippen MR) is 126 cm³/mol. The van der Waals surface area contributed by atoms with Gasteiger partial charge in [-0.15, -0.1) is 6.58 Å². The molecule has 9 nitrogen and oxygen atoms in total. The lowest BCUT2D eigenvalue weighted by atomic mass is 10.2. The Morgan fingerprint density at radius 1 is 1.27 bits per heavy atom. The molecule has 10 heteroatoms.